The lowest BCUT2D eigenvalue weighted by atomic mass is 10.0. The summed E-state index contributed by atoms with van der Waals surface area (Å²) in [5.41, 5.74) is 4.00. The molecule has 2 N–H and O–H groups in total. The van der Waals surface area contributed by atoms with Crippen LogP contribution in [0, 0.1) is 6.92 Å². The first-order valence-electron chi connectivity index (χ1n) is 6.72. The SMILES string of the molecule is Cc1[nH]c2ccccc2c1CCC1COCCN1. The number of benzene rings is 1. The van der Waals surface area contributed by atoms with Gasteiger partial charge < -0.3 is 15.0 Å². The standard InChI is InChI=1S/C15H20N2O/c1-11-13(7-6-12-10-18-9-8-16-12)14-4-2-3-5-15(14)17-11/h2-5,12,16-17H,6-10H2,1H3. The molecular formula is C15H20N2O. The topological polar surface area (TPSA) is 37.0 Å². The van der Waals surface area contributed by atoms with Crippen LogP contribution in [0.15, 0.2) is 24.3 Å². The Hall–Kier alpha value is -1.32. The fourth-order valence-electron chi connectivity index (χ4n) is 2.78. The molecule has 2 aromatic rings. The van der Waals surface area contributed by atoms with Gasteiger partial charge in [0.05, 0.1) is 13.2 Å². The van der Waals surface area contributed by atoms with Crippen molar-refractivity contribution in [2.45, 2.75) is 25.8 Å². The summed E-state index contributed by atoms with van der Waals surface area (Å²) in [6.45, 7) is 4.85. The lowest BCUT2D eigenvalue weighted by Crippen LogP contribution is -2.41. The highest BCUT2D eigenvalue weighted by molar-refractivity contribution is 5.84. The van der Waals surface area contributed by atoms with Crippen molar-refractivity contribution >= 4 is 10.9 Å². The molecule has 1 aromatic carbocycles. The molecule has 1 aliphatic rings. The number of ether oxygens (including phenoxy) is 1. The number of hydrogen-bond acceptors (Lipinski definition) is 2. The van der Waals surface area contributed by atoms with Crippen molar-refractivity contribution in [1.82, 2.24) is 10.3 Å². The predicted octanol–water partition coefficient (Wildman–Crippen LogP) is 2.40. The van der Waals surface area contributed by atoms with Crippen molar-refractivity contribution in [2.75, 3.05) is 19.8 Å². The average Bonchev–Trinajstić information content (AvgIpc) is 2.73. The van der Waals surface area contributed by atoms with E-state index in [2.05, 4.69) is 41.5 Å². The summed E-state index contributed by atoms with van der Waals surface area (Å²) in [4.78, 5) is 3.46. The summed E-state index contributed by atoms with van der Waals surface area (Å²) in [5.74, 6) is 0. The van der Waals surface area contributed by atoms with Gasteiger partial charge in [-0.25, -0.2) is 0 Å². The van der Waals surface area contributed by atoms with Gasteiger partial charge in [-0.05, 0) is 31.4 Å². The molecule has 96 valence electrons. The fraction of sp³-hybridized carbons (Fsp3) is 0.467. The van der Waals surface area contributed by atoms with Crippen LogP contribution in [-0.2, 0) is 11.2 Å². The molecule has 0 spiro atoms. The minimum atomic E-state index is 0.506. The van der Waals surface area contributed by atoms with Gasteiger partial charge in [0.25, 0.3) is 0 Å². The maximum atomic E-state index is 5.50. The van der Waals surface area contributed by atoms with Gasteiger partial charge in [0, 0.05) is 29.2 Å². The van der Waals surface area contributed by atoms with E-state index in [0.29, 0.717) is 6.04 Å². The van der Waals surface area contributed by atoms with Crippen LogP contribution < -0.4 is 5.32 Å². The number of H-pyrrole nitrogens is 1. The largest absolute Gasteiger partial charge is 0.379 e. The fourth-order valence-corrected chi connectivity index (χ4v) is 2.78. The summed E-state index contributed by atoms with van der Waals surface area (Å²) >= 11 is 0. The normalized spacial score (nSPS) is 20.4. The van der Waals surface area contributed by atoms with E-state index in [1.165, 1.54) is 22.2 Å². The first-order chi connectivity index (χ1) is 8.84. The number of aromatic nitrogens is 1. The van der Waals surface area contributed by atoms with E-state index in [-0.39, 0.29) is 0 Å². The molecule has 0 radical (unpaired) electrons. The highest BCUT2D eigenvalue weighted by atomic mass is 16.5. The van der Waals surface area contributed by atoms with Crippen LogP contribution in [-0.4, -0.2) is 30.8 Å². The molecular weight excluding hydrogens is 224 g/mol. The highest BCUT2D eigenvalue weighted by Gasteiger charge is 2.15. The maximum Gasteiger partial charge on any atom is 0.0620 e. The maximum absolute atomic E-state index is 5.50. The molecule has 3 heteroatoms. The van der Waals surface area contributed by atoms with Crippen LogP contribution >= 0.6 is 0 Å². The van der Waals surface area contributed by atoms with Crippen molar-refractivity contribution in [3.8, 4) is 0 Å². The Morgan fingerprint density at radius 1 is 1.33 bits per heavy atom. The number of aryl methyl sites for hydroxylation is 2. The zero-order valence-corrected chi connectivity index (χ0v) is 10.8. The third kappa shape index (κ3) is 2.28. The molecule has 1 atom stereocenters. The molecule has 0 aliphatic carbocycles. The quantitative estimate of drug-likeness (QED) is 0.870. The van der Waals surface area contributed by atoms with Gasteiger partial charge >= 0.3 is 0 Å². The third-order valence-electron chi connectivity index (χ3n) is 3.77. The molecule has 3 rings (SSSR count). The summed E-state index contributed by atoms with van der Waals surface area (Å²) in [7, 11) is 0. The number of hydrogen-bond donors (Lipinski definition) is 2. The number of fused-ring (bicyclic) bond motifs is 1. The summed E-state index contributed by atoms with van der Waals surface area (Å²) in [6, 6.07) is 9.05. The molecule has 1 aliphatic heterocycles. The first kappa shape index (κ1) is 11.8. The lowest BCUT2D eigenvalue weighted by Gasteiger charge is -2.23. The van der Waals surface area contributed by atoms with Crippen LogP contribution in [0.1, 0.15) is 17.7 Å². The van der Waals surface area contributed by atoms with Gasteiger partial charge in [-0.2, -0.15) is 0 Å². The van der Waals surface area contributed by atoms with E-state index in [9.17, 15) is 0 Å². The van der Waals surface area contributed by atoms with Crippen molar-refractivity contribution in [1.29, 1.82) is 0 Å². The number of morpholine rings is 1. The minimum absolute atomic E-state index is 0.506. The van der Waals surface area contributed by atoms with E-state index in [1.807, 2.05) is 0 Å². The second-order valence-electron chi connectivity index (χ2n) is 5.04. The monoisotopic (exact) mass is 244 g/mol. The molecule has 0 saturated carbocycles. The van der Waals surface area contributed by atoms with Gasteiger partial charge in [-0.3, -0.25) is 0 Å². The lowest BCUT2D eigenvalue weighted by molar-refractivity contribution is 0.0743. The second kappa shape index (κ2) is 5.12. The van der Waals surface area contributed by atoms with Crippen molar-refractivity contribution in [3.05, 3.63) is 35.5 Å². The number of rotatable bonds is 3. The van der Waals surface area contributed by atoms with Crippen molar-refractivity contribution in [3.63, 3.8) is 0 Å². The molecule has 1 unspecified atom stereocenters. The molecule has 3 nitrogen and oxygen atoms in total. The zero-order chi connectivity index (χ0) is 12.4. The van der Waals surface area contributed by atoms with E-state index in [0.717, 1.165) is 32.6 Å². The number of nitrogens with one attached hydrogen (secondary N) is 2. The molecule has 1 saturated heterocycles. The minimum Gasteiger partial charge on any atom is -0.379 e. The van der Waals surface area contributed by atoms with Gasteiger partial charge in [0.1, 0.15) is 0 Å². The summed E-state index contributed by atoms with van der Waals surface area (Å²) < 4.78 is 5.50. The Balaban J connectivity index is 1.75. The first-order valence-corrected chi connectivity index (χ1v) is 6.72. The van der Waals surface area contributed by atoms with Crippen LogP contribution in [0.4, 0.5) is 0 Å². The average molecular weight is 244 g/mol. The van der Waals surface area contributed by atoms with Crippen LogP contribution in [0.3, 0.4) is 0 Å². The Morgan fingerprint density at radius 3 is 3.06 bits per heavy atom. The van der Waals surface area contributed by atoms with Gasteiger partial charge in [0.2, 0.25) is 0 Å². The summed E-state index contributed by atoms with van der Waals surface area (Å²) in [5, 5.41) is 4.88. The molecule has 0 amide bonds. The Morgan fingerprint density at radius 2 is 2.22 bits per heavy atom. The van der Waals surface area contributed by atoms with Crippen LogP contribution in [0.2, 0.25) is 0 Å². The molecule has 2 heterocycles. The smallest absolute Gasteiger partial charge is 0.0620 e. The van der Waals surface area contributed by atoms with Crippen LogP contribution in [0.5, 0.6) is 0 Å². The molecule has 1 aromatic heterocycles. The second-order valence-corrected chi connectivity index (χ2v) is 5.04. The van der Waals surface area contributed by atoms with Gasteiger partial charge in [0.15, 0.2) is 0 Å². The van der Waals surface area contributed by atoms with Crippen molar-refractivity contribution in [2.24, 2.45) is 0 Å². The Kier molecular flexibility index (Phi) is 3.35. The molecule has 1 fully saturated rings. The highest BCUT2D eigenvalue weighted by Crippen LogP contribution is 2.23. The predicted molar refractivity (Wildman–Crippen MR) is 74.0 cm³/mol. The number of aromatic amines is 1. The Labute approximate surface area is 108 Å². The van der Waals surface area contributed by atoms with E-state index in [4.69, 9.17) is 4.74 Å². The van der Waals surface area contributed by atoms with E-state index in [1.54, 1.807) is 0 Å². The van der Waals surface area contributed by atoms with Crippen LogP contribution in [0.25, 0.3) is 10.9 Å². The zero-order valence-electron chi connectivity index (χ0n) is 10.8. The molecule has 18 heavy (non-hydrogen) atoms. The van der Waals surface area contributed by atoms with Crippen molar-refractivity contribution < 1.29 is 4.74 Å². The third-order valence-corrected chi connectivity index (χ3v) is 3.77. The van der Waals surface area contributed by atoms with E-state index >= 15 is 0 Å². The van der Waals surface area contributed by atoms with Gasteiger partial charge in [-0.15, -0.1) is 0 Å². The summed E-state index contributed by atoms with van der Waals surface area (Å²) in [6.07, 6.45) is 2.25. The molecule has 0 bridgehead atoms. The number of para-hydroxylation sites is 1. The van der Waals surface area contributed by atoms with Gasteiger partial charge in [-0.1, -0.05) is 18.2 Å². The Bertz CT molecular complexity index is 526. The van der Waals surface area contributed by atoms with E-state index < -0.39 is 0 Å².